The van der Waals surface area contributed by atoms with Gasteiger partial charge in [0.1, 0.15) is 6.04 Å². The SMILES string of the molecule is CCOC(=O)C(C)NC(=O)CCc1ccc(N(C)C)cc1. The zero-order valence-corrected chi connectivity index (χ0v) is 13.2. The monoisotopic (exact) mass is 292 g/mol. The molecule has 0 heterocycles. The van der Waals surface area contributed by atoms with Crippen LogP contribution in [0.15, 0.2) is 24.3 Å². The van der Waals surface area contributed by atoms with Crippen molar-refractivity contribution in [3.05, 3.63) is 29.8 Å². The molecule has 5 heteroatoms. The predicted octanol–water partition coefficient (Wildman–Crippen LogP) is 1.75. The minimum Gasteiger partial charge on any atom is -0.464 e. The molecule has 0 spiro atoms. The molecule has 1 N–H and O–H groups in total. The molecule has 1 rings (SSSR count). The molecule has 21 heavy (non-hydrogen) atoms. The van der Waals surface area contributed by atoms with Crippen LogP contribution in [0.1, 0.15) is 25.8 Å². The van der Waals surface area contributed by atoms with E-state index in [9.17, 15) is 9.59 Å². The lowest BCUT2D eigenvalue weighted by Gasteiger charge is -2.13. The molecule has 1 aromatic carbocycles. The molecule has 5 nitrogen and oxygen atoms in total. The fourth-order valence-electron chi connectivity index (χ4n) is 1.86. The number of nitrogens with one attached hydrogen (secondary N) is 1. The number of benzene rings is 1. The number of carbonyl (C=O) groups is 2. The molecule has 0 bridgehead atoms. The van der Waals surface area contributed by atoms with E-state index in [1.807, 2.05) is 43.3 Å². The number of ether oxygens (including phenoxy) is 1. The predicted molar refractivity (Wildman–Crippen MR) is 83.3 cm³/mol. The maximum absolute atomic E-state index is 11.8. The lowest BCUT2D eigenvalue weighted by Crippen LogP contribution is -2.39. The highest BCUT2D eigenvalue weighted by molar-refractivity contribution is 5.84. The largest absolute Gasteiger partial charge is 0.464 e. The zero-order chi connectivity index (χ0) is 15.8. The number of anilines is 1. The summed E-state index contributed by atoms with van der Waals surface area (Å²) in [6, 6.07) is 7.46. The third-order valence-corrected chi connectivity index (χ3v) is 3.11. The average Bonchev–Trinajstić information content (AvgIpc) is 2.45. The third-order valence-electron chi connectivity index (χ3n) is 3.11. The van der Waals surface area contributed by atoms with Crippen LogP contribution in [0.2, 0.25) is 0 Å². The van der Waals surface area contributed by atoms with E-state index in [0.29, 0.717) is 19.4 Å². The normalized spacial score (nSPS) is 11.6. The van der Waals surface area contributed by atoms with Crippen molar-refractivity contribution in [1.29, 1.82) is 0 Å². The van der Waals surface area contributed by atoms with Crippen LogP contribution in [-0.4, -0.2) is 38.6 Å². The van der Waals surface area contributed by atoms with Gasteiger partial charge < -0.3 is 15.0 Å². The van der Waals surface area contributed by atoms with Crippen molar-refractivity contribution < 1.29 is 14.3 Å². The van der Waals surface area contributed by atoms with Crippen LogP contribution in [0.5, 0.6) is 0 Å². The number of carbonyl (C=O) groups excluding carboxylic acids is 2. The molecule has 116 valence electrons. The van der Waals surface area contributed by atoms with Crippen LogP contribution in [0.4, 0.5) is 5.69 Å². The Bertz CT molecular complexity index is 469. The van der Waals surface area contributed by atoms with Crippen molar-refractivity contribution in [2.45, 2.75) is 32.7 Å². The van der Waals surface area contributed by atoms with Gasteiger partial charge in [0, 0.05) is 26.2 Å². The molecule has 1 atom stereocenters. The Morgan fingerprint density at radius 3 is 2.38 bits per heavy atom. The van der Waals surface area contributed by atoms with E-state index in [1.165, 1.54) is 0 Å². The fourth-order valence-corrected chi connectivity index (χ4v) is 1.86. The Labute approximate surface area is 126 Å². The Balaban J connectivity index is 2.40. The lowest BCUT2D eigenvalue weighted by atomic mass is 10.1. The summed E-state index contributed by atoms with van der Waals surface area (Å²) in [7, 11) is 3.97. The number of aryl methyl sites for hydroxylation is 1. The maximum atomic E-state index is 11.8. The van der Waals surface area contributed by atoms with Gasteiger partial charge in [0.15, 0.2) is 0 Å². The van der Waals surface area contributed by atoms with E-state index in [2.05, 4.69) is 5.32 Å². The molecular weight excluding hydrogens is 268 g/mol. The topological polar surface area (TPSA) is 58.6 Å². The number of nitrogens with zero attached hydrogens (tertiary/aromatic N) is 1. The second kappa shape index (κ2) is 8.29. The van der Waals surface area contributed by atoms with E-state index in [4.69, 9.17) is 4.74 Å². The van der Waals surface area contributed by atoms with Gasteiger partial charge in [-0.15, -0.1) is 0 Å². The first-order valence-corrected chi connectivity index (χ1v) is 7.16. The quantitative estimate of drug-likeness (QED) is 0.778. The molecule has 1 aromatic rings. The van der Waals surface area contributed by atoms with Gasteiger partial charge in [-0.3, -0.25) is 4.79 Å². The van der Waals surface area contributed by atoms with Gasteiger partial charge in [0.2, 0.25) is 5.91 Å². The van der Waals surface area contributed by atoms with Crippen LogP contribution in [0.3, 0.4) is 0 Å². The van der Waals surface area contributed by atoms with Gasteiger partial charge in [0.25, 0.3) is 0 Å². The van der Waals surface area contributed by atoms with Gasteiger partial charge in [-0.05, 0) is 38.0 Å². The first kappa shape index (κ1) is 17.0. The molecule has 0 saturated heterocycles. The van der Waals surface area contributed by atoms with Crippen LogP contribution < -0.4 is 10.2 Å². The van der Waals surface area contributed by atoms with E-state index in [-0.39, 0.29) is 5.91 Å². The molecule has 0 radical (unpaired) electrons. The van der Waals surface area contributed by atoms with Crippen LogP contribution in [0.25, 0.3) is 0 Å². The summed E-state index contributed by atoms with van der Waals surface area (Å²) < 4.78 is 4.84. The second-order valence-electron chi connectivity index (χ2n) is 5.10. The number of hydrogen-bond acceptors (Lipinski definition) is 4. The van der Waals surface area contributed by atoms with Crippen molar-refractivity contribution in [2.75, 3.05) is 25.6 Å². The maximum Gasteiger partial charge on any atom is 0.328 e. The average molecular weight is 292 g/mol. The third kappa shape index (κ3) is 5.85. The fraction of sp³-hybridized carbons (Fsp3) is 0.500. The molecule has 0 aromatic heterocycles. The number of amides is 1. The summed E-state index contributed by atoms with van der Waals surface area (Å²) in [5, 5.41) is 2.64. The van der Waals surface area contributed by atoms with Gasteiger partial charge in [-0.25, -0.2) is 4.79 Å². The molecule has 1 amide bonds. The molecule has 0 fully saturated rings. The van der Waals surface area contributed by atoms with E-state index in [0.717, 1.165) is 11.3 Å². The van der Waals surface area contributed by atoms with Crippen molar-refractivity contribution in [2.24, 2.45) is 0 Å². The van der Waals surface area contributed by atoms with Crippen molar-refractivity contribution in [1.82, 2.24) is 5.32 Å². The Kier molecular flexibility index (Phi) is 6.72. The first-order chi connectivity index (χ1) is 9.93. The highest BCUT2D eigenvalue weighted by Crippen LogP contribution is 2.13. The molecule has 0 saturated carbocycles. The summed E-state index contributed by atoms with van der Waals surface area (Å²) in [6.45, 7) is 3.68. The summed E-state index contributed by atoms with van der Waals surface area (Å²) in [4.78, 5) is 25.2. The van der Waals surface area contributed by atoms with Gasteiger partial charge in [0.05, 0.1) is 6.61 Å². The van der Waals surface area contributed by atoms with Crippen LogP contribution in [0, 0.1) is 0 Å². The van der Waals surface area contributed by atoms with Crippen molar-refractivity contribution in [3.8, 4) is 0 Å². The van der Waals surface area contributed by atoms with E-state index >= 15 is 0 Å². The molecule has 1 unspecified atom stereocenters. The molecular formula is C16H24N2O3. The van der Waals surface area contributed by atoms with Gasteiger partial charge >= 0.3 is 5.97 Å². The first-order valence-electron chi connectivity index (χ1n) is 7.16. The summed E-state index contributed by atoms with van der Waals surface area (Å²) in [5.41, 5.74) is 2.22. The molecule has 0 aliphatic heterocycles. The van der Waals surface area contributed by atoms with Crippen LogP contribution in [-0.2, 0) is 20.7 Å². The van der Waals surface area contributed by atoms with E-state index in [1.54, 1.807) is 13.8 Å². The van der Waals surface area contributed by atoms with Gasteiger partial charge in [-0.1, -0.05) is 12.1 Å². The van der Waals surface area contributed by atoms with Crippen molar-refractivity contribution >= 4 is 17.6 Å². The Hall–Kier alpha value is -2.04. The Morgan fingerprint density at radius 2 is 1.86 bits per heavy atom. The van der Waals surface area contributed by atoms with Gasteiger partial charge in [-0.2, -0.15) is 0 Å². The van der Waals surface area contributed by atoms with Crippen molar-refractivity contribution in [3.63, 3.8) is 0 Å². The number of rotatable bonds is 7. The molecule has 0 aliphatic rings. The van der Waals surface area contributed by atoms with Crippen LogP contribution >= 0.6 is 0 Å². The Morgan fingerprint density at radius 1 is 1.24 bits per heavy atom. The standard InChI is InChI=1S/C16H24N2O3/c1-5-21-16(20)12(2)17-15(19)11-8-13-6-9-14(10-7-13)18(3)4/h6-7,9-10,12H,5,8,11H2,1-4H3,(H,17,19). The smallest absolute Gasteiger partial charge is 0.328 e. The minimum absolute atomic E-state index is 0.146. The highest BCUT2D eigenvalue weighted by Gasteiger charge is 2.16. The number of hydrogen-bond donors (Lipinski definition) is 1. The minimum atomic E-state index is -0.603. The summed E-state index contributed by atoms with van der Waals surface area (Å²) in [5.74, 6) is -0.548. The summed E-state index contributed by atoms with van der Waals surface area (Å²) in [6.07, 6.45) is 1.00. The second-order valence-corrected chi connectivity index (χ2v) is 5.10. The summed E-state index contributed by atoms with van der Waals surface area (Å²) >= 11 is 0. The van der Waals surface area contributed by atoms with E-state index < -0.39 is 12.0 Å². The molecule has 0 aliphatic carbocycles. The number of esters is 1. The zero-order valence-electron chi connectivity index (χ0n) is 13.2. The lowest BCUT2D eigenvalue weighted by molar-refractivity contribution is -0.146. The highest BCUT2D eigenvalue weighted by atomic mass is 16.5.